The monoisotopic (exact) mass is 370 g/mol. The molecule has 3 aromatic rings. The summed E-state index contributed by atoms with van der Waals surface area (Å²) in [5.74, 6) is 1.98. The second kappa shape index (κ2) is 6.18. The van der Waals surface area contributed by atoms with Crippen molar-refractivity contribution in [3.8, 4) is 6.07 Å². The highest BCUT2D eigenvalue weighted by atomic mass is 15.4. The summed E-state index contributed by atoms with van der Waals surface area (Å²) in [7, 11) is 0. The van der Waals surface area contributed by atoms with E-state index in [-0.39, 0.29) is 5.54 Å². The van der Waals surface area contributed by atoms with Crippen LogP contribution in [0, 0.1) is 11.3 Å². The number of nitrogens with zero attached hydrogens (tertiary/aromatic N) is 4. The summed E-state index contributed by atoms with van der Waals surface area (Å²) in [6.07, 6.45) is 2.75. The van der Waals surface area contributed by atoms with Gasteiger partial charge in [-0.3, -0.25) is 4.68 Å². The number of pyridine rings is 1. The van der Waals surface area contributed by atoms with Crippen LogP contribution in [0.5, 0.6) is 0 Å². The molecule has 0 spiro atoms. The van der Waals surface area contributed by atoms with Crippen LogP contribution in [-0.4, -0.2) is 14.8 Å². The highest BCUT2D eigenvalue weighted by molar-refractivity contribution is 5.61. The largest absolute Gasteiger partial charge is 0.323 e. The molecule has 5 rings (SSSR count). The lowest BCUT2D eigenvalue weighted by molar-refractivity contribution is 0.399. The van der Waals surface area contributed by atoms with Crippen LogP contribution in [0.4, 0.5) is 11.6 Å². The number of anilines is 2. The first-order valence-corrected chi connectivity index (χ1v) is 9.62. The molecule has 0 radical (unpaired) electrons. The van der Waals surface area contributed by atoms with Gasteiger partial charge in [0.25, 0.3) is 0 Å². The molecule has 6 heteroatoms. The van der Waals surface area contributed by atoms with Gasteiger partial charge >= 0.3 is 0 Å². The van der Waals surface area contributed by atoms with Crippen LogP contribution in [0.25, 0.3) is 0 Å². The summed E-state index contributed by atoms with van der Waals surface area (Å²) < 4.78 is 2.21. The molecule has 1 aromatic carbocycles. The third-order valence-corrected chi connectivity index (χ3v) is 5.74. The van der Waals surface area contributed by atoms with Crippen molar-refractivity contribution >= 4 is 11.6 Å². The van der Waals surface area contributed by atoms with Gasteiger partial charge in [-0.1, -0.05) is 30.3 Å². The van der Waals surface area contributed by atoms with E-state index in [1.165, 1.54) is 16.8 Å². The van der Waals surface area contributed by atoms with E-state index in [4.69, 9.17) is 10.4 Å². The molecule has 0 amide bonds. The molecule has 2 atom stereocenters. The number of benzene rings is 1. The zero-order valence-electron chi connectivity index (χ0n) is 16.0. The van der Waals surface area contributed by atoms with Crippen LogP contribution in [-0.2, 0) is 12.1 Å². The van der Waals surface area contributed by atoms with Crippen LogP contribution < -0.4 is 10.6 Å². The Morgan fingerprint density at radius 2 is 2.07 bits per heavy atom. The first-order chi connectivity index (χ1) is 13.6. The zero-order chi connectivity index (χ0) is 19.3. The molecule has 28 heavy (non-hydrogen) atoms. The van der Waals surface area contributed by atoms with Gasteiger partial charge < -0.3 is 10.6 Å². The van der Waals surface area contributed by atoms with E-state index in [1.54, 1.807) is 18.3 Å². The van der Waals surface area contributed by atoms with Gasteiger partial charge in [-0.25, -0.2) is 4.98 Å². The normalized spacial score (nSPS) is 21.8. The SMILES string of the molecule is CC1(C)NCc2c(Nc3cc(C#N)ccn3)nn([C@@H]3C[C@H]3c3ccccc3)c21. The molecule has 1 aliphatic heterocycles. The fourth-order valence-corrected chi connectivity index (χ4v) is 4.23. The van der Waals surface area contributed by atoms with E-state index < -0.39 is 0 Å². The van der Waals surface area contributed by atoms with E-state index in [0.29, 0.717) is 23.3 Å². The molecule has 2 aromatic heterocycles. The molecule has 0 bridgehead atoms. The molecular formula is C22H22N6. The minimum atomic E-state index is -0.131. The van der Waals surface area contributed by atoms with E-state index >= 15 is 0 Å². The Bertz CT molecular complexity index is 1080. The van der Waals surface area contributed by atoms with E-state index in [0.717, 1.165) is 18.8 Å². The Hall–Kier alpha value is -3.17. The maximum Gasteiger partial charge on any atom is 0.158 e. The highest BCUT2D eigenvalue weighted by Gasteiger charge is 2.46. The molecule has 2 N–H and O–H groups in total. The van der Waals surface area contributed by atoms with E-state index in [2.05, 4.69) is 70.5 Å². The number of nitrogens with one attached hydrogen (secondary N) is 2. The smallest absolute Gasteiger partial charge is 0.158 e. The number of hydrogen-bond acceptors (Lipinski definition) is 5. The molecular weight excluding hydrogens is 348 g/mol. The van der Waals surface area contributed by atoms with Crippen molar-refractivity contribution in [2.45, 2.75) is 44.3 Å². The van der Waals surface area contributed by atoms with Gasteiger partial charge in [0, 0.05) is 24.2 Å². The predicted octanol–water partition coefficient (Wildman–Crippen LogP) is 3.96. The van der Waals surface area contributed by atoms with E-state index in [1.807, 2.05) is 0 Å². The average molecular weight is 370 g/mol. The second-order valence-corrected chi connectivity index (χ2v) is 8.09. The van der Waals surface area contributed by atoms with Crippen molar-refractivity contribution in [2.24, 2.45) is 0 Å². The summed E-state index contributed by atoms with van der Waals surface area (Å²) in [4.78, 5) is 4.34. The highest BCUT2D eigenvalue weighted by Crippen LogP contribution is 2.53. The third kappa shape index (κ3) is 2.76. The lowest BCUT2D eigenvalue weighted by atomic mass is 10.0. The van der Waals surface area contributed by atoms with Gasteiger partial charge in [-0.2, -0.15) is 10.4 Å². The maximum atomic E-state index is 9.14. The number of nitriles is 1. The Kier molecular flexibility index (Phi) is 3.74. The molecule has 0 unspecified atom stereocenters. The minimum absolute atomic E-state index is 0.131. The lowest BCUT2D eigenvalue weighted by Gasteiger charge is -2.21. The fourth-order valence-electron chi connectivity index (χ4n) is 4.23. The Labute approximate surface area is 164 Å². The van der Waals surface area contributed by atoms with Crippen LogP contribution in [0.2, 0.25) is 0 Å². The summed E-state index contributed by atoms with van der Waals surface area (Å²) >= 11 is 0. The zero-order valence-corrected chi connectivity index (χ0v) is 16.0. The topological polar surface area (TPSA) is 78.6 Å². The average Bonchev–Trinajstić information content (AvgIpc) is 3.33. The predicted molar refractivity (Wildman–Crippen MR) is 107 cm³/mol. The maximum absolute atomic E-state index is 9.14. The number of hydrogen-bond donors (Lipinski definition) is 2. The van der Waals surface area contributed by atoms with Crippen LogP contribution in [0.1, 0.15) is 54.6 Å². The van der Waals surface area contributed by atoms with Gasteiger partial charge in [-0.05, 0) is 38.0 Å². The van der Waals surface area contributed by atoms with Crippen molar-refractivity contribution in [1.29, 1.82) is 5.26 Å². The summed E-state index contributed by atoms with van der Waals surface area (Å²) in [5.41, 5.74) is 4.26. The van der Waals surface area contributed by atoms with Gasteiger partial charge in [0.2, 0.25) is 0 Å². The third-order valence-electron chi connectivity index (χ3n) is 5.74. The summed E-state index contributed by atoms with van der Waals surface area (Å²) in [5, 5.41) is 21.0. The molecule has 6 nitrogen and oxygen atoms in total. The molecule has 1 fully saturated rings. The van der Waals surface area contributed by atoms with Crippen LogP contribution >= 0.6 is 0 Å². The van der Waals surface area contributed by atoms with Crippen molar-refractivity contribution in [1.82, 2.24) is 20.1 Å². The lowest BCUT2D eigenvalue weighted by Crippen LogP contribution is -2.32. The van der Waals surface area contributed by atoms with Crippen molar-refractivity contribution < 1.29 is 0 Å². The molecule has 1 saturated carbocycles. The molecule has 1 aliphatic carbocycles. The van der Waals surface area contributed by atoms with Crippen molar-refractivity contribution in [3.63, 3.8) is 0 Å². The van der Waals surface area contributed by atoms with Gasteiger partial charge in [0.1, 0.15) is 5.82 Å². The number of fused-ring (bicyclic) bond motifs is 1. The van der Waals surface area contributed by atoms with E-state index in [9.17, 15) is 0 Å². The summed E-state index contributed by atoms with van der Waals surface area (Å²) in [6.45, 7) is 5.18. The molecule has 140 valence electrons. The Morgan fingerprint density at radius 1 is 1.25 bits per heavy atom. The molecule has 2 aliphatic rings. The Morgan fingerprint density at radius 3 is 2.86 bits per heavy atom. The van der Waals surface area contributed by atoms with Crippen LogP contribution in [0.3, 0.4) is 0 Å². The molecule has 0 saturated heterocycles. The standard InChI is InChI=1S/C22H22N6/c1-22(2)20-17(13-25-22)21(26-19-10-14(12-23)8-9-24-19)27-28(20)18-11-16(18)15-6-4-3-5-7-15/h3-10,16,18,25H,11,13H2,1-2H3,(H,24,26,27)/t16-,18+/m0/s1. The number of aromatic nitrogens is 3. The number of rotatable bonds is 4. The second-order valence-electron chi connectivity index (χ2n) is 8.09. The van der Waals surface area contributed by atoms with Gasteiger partial charge in [0.05, 0.1) is 28.9 Å². The molecule has 3 heterocycles. The Balaban J connectivity index is 1.51. The van der Waals surface area contributed by atoms with Gasteiger partial charge in [-0.15, -0.1) is 0 Å². The van der Waals surface area contributed by atoms with Crippen LogP contribution in [0.15, 0.2) is 48.7 Å². The van der Waals surface area contributed by atoms with Crippen molar-refractivity contribution in [2.75, 3.05) is 5.32 Å². The first kappa shape index (κ1) is 17.0. The van der Waals surface area contributed by atoms with Crippen molar-refractivity contribution in [3.05, 3.63) is 71.0 Å². The quantitative estimate of drug-likeness (QED) is 0.727. The van der Waals surface area contributed by atoms with Gasteiger partial charge in [0.15, 0.2) is 5.82 Å². The fraction of sp³-hybridized carbons (Fsp3) is 0.318. The summed E-state index contributed by atoms with van der Waals surface area (Å²) in [6, 6.07) is 16.7. The minimum Gasteiger partial charge on any atom is -0.323 e. The first-order valence-electron chi connectivity index (χ1n) is 9.62.